The third kappa shape index (κ3) is 4.10. The summed E-state index contributed by atoms with van der Waals surface area (Å²) in [6, 6.07) is 8.77. The molecule has 0 atom stereocenters. The number of hydrogen-bond acceptors (Lipinski definition) is 7. The molecule has 3 aromatic rings. The van der Waals surface area contributed by atoms with Crippen LogP contribution in [0.2, 0.25) is 0 Å². The van der Waals surface area contributed by atoms with E-state index in [1.165, 1.54) is 17.4 Å². The summed E-state index contributed by atoms with van der Waals surface area (Å²) in [7, 11) is -3.78. The first-order valence-electron chi connectivity index (χ1n) is 9.72. The van der Waals surface area contributed by atoms with E-state index in [9.17, 15) is 13.2 Å². The maximum atomic E-state index is 12.9. The number of nitrogens with one attached hydrogen (secondary N) is 1. The summed E-state index contributed by atoms with van der Waals surface area (Å²) in [5.74, 6) is -0.222. The van der Waals surface area contributed by atoms with Crippen molar-refractivity contribution in [3.8, 4) is 10.8 Å². The van der Waals surface area contributed by atoms with Gasteiger partial charge in [0.25, 0.3) is 15.9 Å². The number of aryl methyl sites for hydroxylation is 2. The summed E-state index contributed by atoms with van der Waals surface area (Å²) in [5, 5.41) is 7.81. The Morgan fingerprint density at radius 3 is 2.57 bits per heavy atom. The fraction of sp³-hybridized carbons (Fsp3) is 0.350. The van der Waals surface area contributed by atoms with Gasteiger partial charge in [0.1, 0.15) is 4.90 Å². The van der Waals surface area contributed by atoms with E-state index in [0.717, 1.165) is 24.8 Å². The van der Waals surface area contributed by atoms with Crippen LogP contribution in [0.5, 0.6) is 0 Å². The van der Waals surface area contributed by atoms with Crippen LogP contribution < -0.4 is 4.72 Å². The summed E-state index contributed by atoms with van der Waals surface area (Å²) in [6.45, 7) is 5.12. The SMILES string of the molecule is CCc1ccc(NS(=O)(=O)c2cc(-c3nnc(C(=O)N4CCCC4)o3)sc2C)cc1. The van der Waals surface area contributed by atoms with Crippen LogP contribution in [-0.4, -0.2) is 42.5 Å². The summed E-state index contributed by atoms with van der Waals surface area (Å²) in [4.78, 5) is 15.3. The number of amides is 1. The first-order valence-corrected chi connectivity index (χ1v) is 12.0. The molecule has 0 saturated carbocycles. The number of hydrogen-bond donors (Lipinski definition) is 1. The Labute approximate surface area is 179 Å². The number of anilines is 1. The first-order chi connectivity index (χ1) is 14.4. The normalized spacial score (nSPS) is 14.3. The second kappa shape index (κ2) is 8.19. The molecule has 158 valence electrons. The number of carbonyl (C=O) groups excluding carboxylic acids is 1. The molecule has 3 heterocycles. The second-order valence-electron chi connectivity index (χ2n) is 7.10. The van der Waals surface area contributed by atoms with Gasteiger partial charge in [0.05, 0.1) is 4.88 Å². The molecule has 1 aromatic carbocycles. The molecular weight excluding hydrogens is 424 g/mol. The van der Waals surface area contributed by atoms with E-state index < -0.39 is 10.0 Å². The Morgan fingerprint density at radius 2 is 1.90 bits per heavy atom. The average molecular weight is 447 g/mol. The van der Waals surface area contributed by atoms with E-state index in [2.05, 4.69) is 14.9 Å². The molecule has 1 aliphatic rings. The van der Waals surface area contributed by atoms with Crippen LogP contribution in [0.4, 0.5) is 5.69 Å². The van der Waals surface area contributed by atoms with Crippen molar-refractivity contribution < 1.29 is 17.6 Å². The molecule has 1 fully saturated rings. The van der Waals surface area contributed by atoms with Gasteiger partial charge in [0, 0.05) is 23.7 Å². The highest BCUT2D eigenvalue weighted by Crippen LogP contribution is 2.34. The minimum absolute atomic E-state index is 0.0727. The molecule has 10 heteroatoms. The summed E-state index contributed by atoms with van der Waals surface area (Å²) >= 11 is 1.23. The smallest absolute Gasteiger partial charge is 0.311 e. The van der Waals surface area contributed by atoms with Gasteiger partial charge < -0.3 is 9.32 Å². The molecule has 0 aliphatic carbocycles. The fourth-order valence-electron chi connectivity index (χ4n) is 3.32. The van der Waals surface area contributed by atoms with Gasteiger partial charge >= 0.3 is 11.8 Å². The minimum Gasteiger partial charge on any atom is -0.411 e. The Balaban J connectivity index is 1.56. The van der Waals surface area contributed by atoms with Crippen LogP contribution in [0, 0.1) is 6.92 Å². The third-order valence-corrected chi connectivity index (χ3v) is 7.66. The van der Waals surface area contributed by atoms with Crippen LogP contribution in [-0.2, 0) is 16.4 Å². The van der Waals surface area contributed by atoms with Gasteiger partial charge in [0.15, 0.2) is 0 Å². The van der Waals surface area contributed by atoms with Crippen molar-refractivity contribution in [3.05, 3.63) is 46.7 Å². The number of benzene rings is 1. The van der Waals surface area contributed by atoms with Crippen molar-refractivity contribution in [2.75, 3.05) is 17.8 Å². The average Bonchev–Trinajstić information content (AvgIpc) is 3.48. The van der Waals surface area contributed by atoms with Crippen molar-refractivity contribution in [1.29, 1.82) is 0 Å². The number of aromatic nitrogens is 2. The lowest BCUT2D eigenvalue weighted by molar-refractivity contribution is 0.0754. The summed E-state index contributed by atoms with van der Waals surface area (Å²) < 4.78 is 33.9. The lowest BCUT2D eigenvalue weighted by Gasteiger charge is -2.11. The van der Waals surface area contributed by atoms with Gasteiger partial charge in [0.2, 0.25) is 0 Å². The molecule has 0 bridgehead atoms. The highest BCUT2D eigenvalue weighted by Gasteiger charge is 2.27. The van der Waals surface area contributed by atoms with Crippen molar-refractivity contribution >= 4 is 33.0 Å². The summed E-state index contributed by atoms with van der Waals surface area (Å²) in [6.07, 6.45) is 2.81. The molecule has 8 nitrogen and oxygen atoms in total. The van der Waals surface area contributed by atoms with E-state index in [1.807, 2.05) is 19.1 Å². The van der Waals surface area contributed by atoms with E-state index in [0.29, 0.717) is 28.5 Å². The van der Waals surface area contributed by atoms with Crippen LogP contribution in [0.15, 0.2) is 39.6 Å². The third-order valence-electron chi connectivity index (χ3n) is 4.99. The van der Waals surface area contributed by atoms with E-state index >= 15 is 0 Å². The Bertz CT molecular complexity index is 1160. The zero-order chi connectivity index (χ0) is 21.3. The van der Waals surface area contributed by atoms with Gasteiger partial charge in [-0.05, 0) is 49.9 Å². The first kappa shape index (κ1) is 20.5. The van der Waals surface area contributed by atoms with Gasteiger partial charge in [-0.15, -0.1) is 21.5 Å². The molecule has 1 amide bonds. The monoisotopic (exact) mass is 446 g/mol. The molecule has 1 saturated heterocycles. The molecule has 2 aromatic heterocycles. The molecule has 0 radical (unpaired) electrons. The highest BCUT2D eigenvalue weighted by molar-refractivity contribution is 7.93. The number of likely N-dealkylation sites (tertiary alicyclic amines) is 1. The number of nitrogens with zero attached hydrogens (tertiary/aromatic N) is 3. The lowest BCUT2D eigenvalue weighted by Crippen LogP contribution is -2.27. The minimum atomic E-state index is -3.78. The predicted molar refractivity (Wildman–Crippen MR) is 114 cm³/mol. The maximum Gasteiger partial charge on any atom is 0.311 e. The zero-order valence-corrected chi connectivity index (χ0v) is 18.3. The molecule has 0 unspecified atom stereocenters. The Kier molecular flexibility index (Phi) is 5.61. The quantitative estimate of drug-likeness (QED) is 0.619. The number of carbonyl (C=O) groups is 1. The van der Waals surface area contributed by atoms with Gasteiger partial charge in [-0.25, -0.2) is 8.42 Å². The zero-order valence-electron chi connectivity index (χ0n) is 16.7. The van der Waals surface area contributed by atoms with E-state index in [-0.39, 0.29) is 22.6 Å². The second-order valence-corrected chi connectivity index (χ2v) is 10.0. The van der Waals surface area contributed by atoms with E-state index in [1.54, 1.807) is 24.0 Å². The van der Waals surface area contributed by atoms with Crippen LogP contribution >= 0.6 is 11.3 Å². The molecule has 0 spiro atoms. The van der Waals surface area contributed by atoms with Crippen molar-refractivity contribution in [1.82, 2.24) is 15.1 Å². The predicted octanol–water partition coefficient (Wildman–Crippen LogP) is 3.71. The van der Waals surface area contributed by atoms with Crippen molar-refractivity contribution in [2.24, 2.45) is 0 Å². The molecule has 30 heavy (non-hydrogen) atoms. The Hall–Kier alpha value is -2.72. The van der Waals surface area contributed by atoms with Crippen LogP contribution in [0.3, 0.4) is 0 Å². The van der Waals surface area contributed by atoms with Gasteiger partial charge in [-0.3, -0.25) is 9.52 Å². The number of thiophene rings is 1. The topological polar surface area (TPSA) is 105 Å². The fourth-order valence-corrected chi connectivity index (χ4v) is 5.89. The van der Waals surface area contributed by atoms with Crippen LogP contribution in [0.1, 0.15) is 40.9 Å². The van der Waals surface area contributed by atoms with Gasteiger partial charge in [-0.2, -0.15) is 0 Å². The van der Waals surface area contributed by atoms with Crippen molar-refractivity contribution in [3.63, 3.8) is 0 Å². The largest absolute Gasteiger partial charge is 0.411 e. The molecule has 1 aliphatic heterocycles. The molecular formula is C20H22N4O4S2. The highest BCUT2D eigenvalue weighted by atomic mass is 32.2. The van der Waals surface area contributed by atoms with Crippen LogP contribution in [0.25, 0.3) is 10.8 Å². The summed E-state index contributed by atoms with van der Waals surface area (Å²) in [5.41, 5.74) is 1.62. The molecule has 4 rings (SSSR count). The van der Waals surface area contributed by atoms with Crippen molar-refractivity contribution in [2.45, 2.75) is 38.0 Å². The maximum absolute atomic E-state index is 12.9. The van der Waals surface area contributed by atoms with E-state index in [4.69, 9.17) is 4.42 Å². The Morgan fingerprint density at radius 1 is 1.20 bits per heavy atom. The lowest BCUT2D eigenvalue weighted by atomic mass is 10.2. The number of rotatable bonds is 6. The van der Waals surface area contributed by atoms with Gasteiger partial charge in [-0.1, -0.05) is 19.1 Å². The molecule has 1 N–H and O–H groups in total. The standard InChI is InChI=1S/C20H22N4O4S2/c1-3-14-6-8-15(9-7-14)23-30(26,27)17-12-16(29-13(17)2)18-21-22-19(28-18)20(25)24-10-4-5-11-24/h6-9,12,23H,3-5,10-11H2,1-2H3. The number of sulfonamides is 1.